The van der Waals surface area contributed by atoms with Gasteiger partial charge in [0.25, 0.3) is 0 Å². The number of hydrogen-bond acceptors (Lipinski definition) is 2. The molecule has 0 atom stereocenters. The van der Waals surface area contributed by atoms with Gasteiger partial charge in [-0.25, -0.2) is 8.78 Å². The first kappa shape index (κ1) is 11.0. The fourth-order valence-corrected chi connectivity index (χ4v) is 2.36. The summed E-state index contributed by atoms with van der Waals surface area (Å²) in [4.78, 5) is 3.74. The van der Waals surface area contributed by atoms with E-state index in [1.165, 1.54) is 24.3 Å². The van der Waals surface area contributed by atoms with E-state index in [9.17, 15) is 8.78 Å². The summed E-state index contributed by atoms with van der Waals surface area (Å²) in [6.45, 7) is 0. The highest BCUT2D eigenvalue weighted by Crippen LogP contribution is 2.46. The maximum absolute atomic E-state index is 13.3. The smallest absolute Gasteiger partial charge is 0.125 e. The van der Waals surface area contributed by atoms with Crippen molar-refractivity contribution in [2.75, 3.05) is 23.9 Å². The lowest BCUT2D eigenvalue weighted by atomic mass is 10.1. The van der Waals surface area contributed by atoms with Crippen molar-refractivity contribution in [3.8, 4) is 0 Å². The third kappa shape index (κ3) is 1.45. The van der Waals surface area contributed by atoms with Crippen molar-refractivity contribution in [3.05, 3.63) is 48.0 Å². The van der Waals surface area contributed by atoms with Crippen LogP contribution in [0, 0.1) is 11.6 Å². The molecule has 0 amide bonds. The minimum Gasteiger partial charge on any atom is -0.341 e. The molecule has 0 saturated heterocycles. The summed E-state index contributed by atoms with van der Waals surface area (Å²) in [5.74, 6) is -0.556. The summed E-state index contributed by atoms with van der Waals surface area (Å²) in [6, 6.07) is 9.20. The van der Waals surface area contributed by atoms with Crippen LogP contribution in [-0.4, -0.2) is 14.1 Å². The Bertz CT molecular complexity index is 570. The third-order valence-corrected chi connectivity index (χ3v) is 3.32. The van der Waals surface area contributed by atoms with E-state index in [1.54, 1.807) is 12.1 Å². The molecular weight excluding hydrogens is 234 g/mol. The minimum atomic E-state index is -0.278. The van der Waals surface area contributed by atoms with Gasteiger partial charge in [0, 0.05) is 14.1 Å². The van der Waals surface area contributed by atoms with Crippen LogP contribution in [0.3, 0.4) is 0 Å². The predicted octanol–water partition coefficient (Wildman–Crippen LogP) is 3.81. The van der Waals surface area contributed by atoms with Crippen LogP contribution >= 0.6 is 0 Å². The second-order valence-corrected chi connectivity index (χ2v) is 4.38. The van der Waals surface area contributed by atoms with Crippen molar-refractivity contribution in [3.63, 3.8) is 0 Å². The topological polar surface area (TPSA) is 6.48 Å². The first-order valence-corrected chi connectivity index (χ1v) is 5.64. The van der Waals surface area contributed by atoms with Gasteiger partial charge in [0.2, 0.25) is 0 Å². The largest absolute Gasteiger partial charge is 0.341 e. The molecule has 0 radical (unpaired) electrons. The van der Waals surface area contributed by atoms with Crippen molar-refractivity contribution in [1.29, 1.82) is 0 Å². The molecule has 0 N–H and O–H groups in total. The van der Waals surface area contributed by atoms with Crippen molar-refractivity contribution in [1.82, 2.24) is 0 Å². The zero-order chi connectivity index (χ0) is 12.9. The summed E-state index contributed by atoms with van der Waals surface area (Å²) < 4.78 is 26.7. The molecule has 0 fully saturated rings. The zero-order valence-corrected chi connectivity index (χ0v) is 10.1. The minimum absolute atomic E-state index is 0.278. The lowest BCUT2D eigenvalue weighted by molar-refractivity contribution is 0.625. The Morgan fingerprint density at radius 1 is 0.667 bits per heavy atom. The van der Waals surface area contributed by atoms with Gasteiger partial charge in [0.05, 0.1) is 22.7 Å². The Kier molecular flexibility index (Phi) is 2.26. The molecule has 4 heteroatoms. The molecule has 92 valence electrons. The highest BCUT2D eigenvalue weighted by atomic mass is 19.1. The molecule has 0 aromatic heterocycles. The van der Waals surface area contributed by atoms with Crippen LogP contribution in [0.15, 0.2) is 36.4 Å². The van der Waals surface area contributed by atoms with Gasteiger partial charge in [-0.2, -0.15) is 0 Å². The molecule has 2 nitrogen and oxygen atoms in total. The van der Waals surface area contributed by atoms with Crippen LogP contribution in [0.4, 0.5) is 31.5 Å². The number of fused-ring (bicyclic) bond motifs is 2. The van der Waals surface area contributed by atoms with E-state index in [4.69, 9.17) is 0 Å². The molecule has 18 heavy (non-hydrogen) atoms. The number of benzene rings is 2. The fourth-order valence-electron chi connectivity index (χ4n) is 2.36. The quantitative estimate of drug-likeness (QED) is 0.697. The monoisotopic (exact) mass is 246 g/mol. The third-order valence-electron chi connectivity index (χ3n) is 3.32. The lowest BCUT2D eigenvalue weighted by Crippen LogP contribution is -2.24. The number of rotatable bonds is 0. The van der Waals surface area contributed by atoms with Gasteiger partial charge in [-0.3, -0.25) is 0 Å². The van der Waals surface area contributed by atoms with E-state index in [0.29, 0.717) is 0 Å². The standard InChI is InChI=1S/C14H12F2N2/c1-17-11-5-3-10(16)8-14(11)18(2)12-6-4-9(15)7-13(12)17/h3-8H,1-2H3. The summed E-state index contributed by atoms with van der Waals surface area (Å²) in [7, 11) is 3.70. The highest BCUT2D eigenvalue weighted by Gasteiger charge is 2.24. The predicted molar refractivity (Wildman–Crippen MR) is 68.9 cm³/mol. The lowest BCUT2D eigenvalue weighted by Gasteiger charge is -2.36. The Morgan fingerprint density at radius 3 is 1.44 bits per heavy atom. The van der Waals surface area contributed by atoms with Gasteiger partial charge >= 0.3 is 0 Å². The van der Waals surface area contributed by atoms with Crippen LogP contribution in [0.25, 0.3) is 0 Å². The number of nitrogens with zero attached hydrogens (tertiary/aromatic N) is 2. The van der Waals surface area contributed by atoms with Gasteiger partial charge in [-0.15, -0.1) is 0 Å². The van der Waals surface area contributed by atoms with Gasteiger partial charge in [0.15, 0.2) is 0 Å². The van der Waals surface area contributed by atoms with Crippen molar-refractivity contribution < 1.29 is 8.78 Å². The van der Waals surface area contributed by atoms with Gasteiger partial charge in [0.1, 0.15) is 11.6 Å². The van der Waals surface area contributed by atoms with E-state index in [1.807, 2.05) is 23.9 Å². The SMILES string of the molecule is CN1c2ccc(F)cc2N(C)c2ccc(F)cc21. The van der Waals surface area contributed by atoms with Crippen molar-refractivity contribution >= 4 is 22.7 Å². The molecule has 2 aromatic carbocycles. The number of hydrogen-bond donors (Lipinski definition) is 0. The molecule has 1 aliphatic heterocycles. The summed E-state index contributed by atoms with van der Waals surface area (Å²) in [6.07, 6.45) is 0. The normalized spacial score (nSPS) is 13.3. The number of halogens is 2. The molecule has 3 rings (SSSR count). The molecule has 2 aromatic rings. The van der Waals surface area contributed by atoms with Crippen molar-refractivity contribution in [2.24, 2.45) is 0 Å². The molecule has 0 saturated carbocycles. The molecule has 1 heterocycles. The second-order valence-electron chi connectivity index (χ2n) is 4.38. The Hall–Kier alpha value is -2.10. The molecule has 0 bridgehead atoms. The molecular formula is C14H12F2N2. The Labute approximate surface area is 104 Å². The van der Waals surface area contributed by atoms with Crippen LogP contribution < -0.4 is 9.80 Å². The Balaban J connectivity index is 2.24. The average molecular weight is 246 g/mol. The summed E-state index contributed by atoms with van der Waals surface area (Å²) >= 11 is 0. The summed E-state index contributed by atoms with van der Waals surface area (Å²) in [5, 5.41) is 0. The van der Waals surface area contributed by atoms with E-state index >= 15 is 0 Å². The van der Waals surface area contributed by atoms with Crippen molar-refractivity contribution in [2.45, 2.75) is 0 Å². The highest BCUT2D eigenvalue weighted by molar-refractivity contribution is 5.92. The van der Waals surface area contributed by atoms with Crippen LogP contribution in [-0.2, 0) is 0 Å². The van der Waals surface area contributed by atoms with E-state index < -0.39 is 0 Å². The summed E-state index contributed by atoms with van der Waals surface area (Å²) in [5.41, 5.74) is 3.27. The maximum atomic E-state index is 13.3. The molecule has 0 spiro atoms. The zero-order valence-electron chi connectivity index (χ0n) is 10.1. The first-order chi connectivity index (χ1) is 8.58. The van der Waals surface area contributed by atoms with Crippen LogP contribution in [0.1, 0.15) is 0 Å². The van der Waals surface area contributed by atoms with Gasteiger partial charge < -0.3 is 9.80 Å². The average Bonchev–Trinajstić information content (AvgIpc) is 2.36. The molecule has 0 unspecified atom stereocenters. The molecule has 0 aliphatic carbocycles. The fraction of sp³-hybridized carbons (Fsp3) is 0.143. The van der Waals surface area contributed by atoms with Crippen LogP contribution in [0.2, 0.25) is 0 Å². The number of anilines is 4. The van der Waals surface area contributed by atoms with Gasteiger partial charge in [-0.1, -0.05) is 0 Å². The maximum Gasteiger partial charge on any atom is 0.125 e. The molecule has 1 aliphatic rings. The first-order valence-electron chi connectivity index (χ1n) is 5.64. The van der Waals surface area contributed by atoms with E-state index in [2.05, 4.69) is 0 Å². The van der Waals surface area contributed by atoms with E-state index in [0.717, 1.165) is 22.7 Å². The van der Waals surface area contributed by atoms with E-state index in [-0.39, 0.29) is 11.6 Å². The Morgan fingerprint density at radius 2 is 1.06 bits per heavy atom. The van der Waals surface area contributed by atoms with Crippen LogP contribution in [0.5, 0.6) is 0 Å². The van der Waals surface area contributed by atoms with Gasteiger partial charge in [-0.05, 0) is 36.4 Å². The second kappa shape index (κ2) is 3.70.